The monoisotopic (exact) mass is 490 g/mol. The molecular formula is C21H22Cl4N2O3. The van der Waals surface area contributed by atoms with Crippen molar-refractivity contribution in [3.8, 4) is 5.75 Å². The predicted octanol–water partition coefficient (Wildman–Crippen LogP) is 5.62. The van der Waals surface area contributed by atoms with Crippen molar-refractivity contribution >= 4 is 58.2 Å². The largest absolute Gasteiger partial charge is 0.482 e. The zero-order valence-corrected chi connectivity index (χ0v) is 19.6. The highest BCUT2D eigenvalue weighted by molar-refractivity contribution is 6.42. The van der Waals surface area contributed by atoms with Gasteiger partial charge in [-0.05, 0) is 49.2 Å². The molecule has 0 bridgehead atoms. The van der Waals surface area contributed by atoms with Crippen molar-refractivity contribution < 1.29 is 14.3 Å². The Bertz CT molecular complexity index is 908. The van der Waals surface area contributed by atoms with Crippen molar-refractivity contribution in [2.45, 2.75) is 32.9 Å². The molecule has 162 valence electrons. The first kappa shape index (κ1) is 24.6. The van der Waals surface area contributed by atoms with E-state index in [1.54, 1.807) is 30.3 Å². The number of halogens is 4. The number of amides is 2. The number of rotatable bonds is 9. The minimum atomic E-state index is -0.670. The number of hydrogen-bond acceptors (Lipinski definition) is 3. The van der Waals surface area contributed by atoms with Gasteiger partial charge in [0.05, 0.1) is 15.1 Å². The molecule has 30 heavy (non-hydrogen) atoms. The normalized spacial score (nSPS) is 11.7. The second-order valence-corrected chi connectivity index (χ2v) is 8.11. The zero-order valence-electron chi connectivity index (χ0n) is 16.6. The number of nitrogens with one attached hydrogen (secondary N) is 1. The van der Waals surface area contributed by atoms with E-state index in [1.165, 1.54) is 11.0 Å². The van der Waals surface area contributed by atoms with Gasteiger partial charge in [0.15, 0.2) is 6.61 Å². The van der Waals surface area contributed by atoms with E-state index in [-0.39, 0.29) is 25.0 Å². The van der Waals surface area contributed by atoms with Gasteiger partial charge in [-0.3, -0.25) is 9.59 Å². The summed E-state index contributed by atoms with van der Waals surface area (Å²) in [5, 5.41) is 4.31. The molecule has 0 radical (unpaired) electrons. The number of carbonyl (C=O) groups excluding carboxylic acids is 2. The third-order valence-electron chi connectivity index (χ3n) is 4.32. The maximum Gasteiger partial charge on any atom is 0.261 e. The van der Waals surface area contributed by atoms with Crippen LogP contribution in [0.5, 0.6) is 5.75 Å². The smallest absolute Gasteiger partial charge is 0.261 e. The lowest BCUT2D eigenvalue weighted by atomic mass is 10.1. The highest BCUT2D eigenvalue weighted by atomic mass is 35.5. The molecular weight excluding hydrogens is 470 g/mol. The summed E-state index contributed by atoms with van der Waals surface area (Å²) in [6.45, 7) is 4.00. The average Bonchev–Trinajstić information content (AvgIpc) is 2.70. The van der Waals surface area contributed by atoms with Gasteiger partial charge in [-0.2, -0.15) is 0 Å². The average molecular weight is 492 g/mol. The Kier molecular flexibility index (Phi) is 9.56. The van der Waals surface area contributed by atoms with E-state index in [9.17, 15) is 9.59 Å². The van der Waals surface area contributed by atoms with Crippen molar-refractivity contribution in [3.63, 3.8) is 0 Å². The van der Waals surface area contributed by atoms with Gasteiger partial charge in [0.2, 0.25) is 5.91 Å². The summed E-state index contributed by atoms with van der Waals surface area (Å²) < 4.78 is 5.59. The number of carbonyl (C=O) groups is 2. The van der Waals surface area contributed by atoms with E-state index in [0.717, 1.165) is 5.56 Å². The van der Waals surface area contributed by atoms with E-state index < -0.39 is 6.04 Å². The Morgan fingerprint density at radius 2 is 1.73 bits per heavy atom. The third-order valence-corrected chi connectivity index (χ3v) is 5.59. The van der Waals surface area contributed by atoms with Gasteiger partial charge in [0.1, 0.15) is 11.8 Å². The lowest BCUT2D eigenvalue weighted by Gasteiger charge is -2.30. The summed E-state index contributed by atoms with van der Waals surface area (Å²) >= 11 is 24.1. The van der Waals surface area contributed by atoms with Gasteiger partial charge in [-0.15, -0.1) is 0 Å². The Morgan fingerprint density at radius 3 is 2.33 bits per heavy atom. The molecule has 0 aliphatic heterocycles. The fraction of sp³-hybridized carbons (Fsp3) is 0.333. The first-order chi connectivity index (χ1) is 14.3. The molecule has 0 aromatic heterocycles. The quantitative estimate of drug-likeness (QED) is 0.495. The summed E-state index contributed by atoms with van der Waals surface area (Å²) in [5.74, 6) is -0.280. The molecule has 0 fully saturated rings. The molecule has 0 spiro atoms. The van der Waals surface area contributed by atoms with Crippen LogP contribution in [0.4, 0.5) is 0 Å². The van der Waals surface area contributed by atoms with Crippen LogP contribution in [0.15, 0.2) is 36.4 Å². The van der Waals surface area contributed by atoms with Crippen LogP contribution in [-0.4, -0.2) is 35.9 Å². The third kappa shape index (κ3) is 6.67. The molecule has 0 unspecified atom stereocenters. The minimum Gasteiger partial charge on any atom is -0.482 e. The van der Waals surface area contributed by atoms with Gasteiger partial charge in [0.25, 0.3) is 5.91 Å². The second kappa shape index (κ2) is 11.7. The van der Waals surface area contributed by atoms with Crippen LogP contribution >= 0.6 is 46.4 Å². The van der Waals surface area contributed by atoms with E-state index >= 15 is 0 Å². The number of likely N-dealkylation sites (N-methyl/N-ethyl adjacent to an activating group) is 1. The van der Waals surface area contributed by atoms with Gasteiger partial charge in [0, 0.05) is 18.1 Å². The number of benzene rings is 2. The first-order valence-corrected chi connectivity index (χ1v) is 10.9. The number of ether oxygens (including phenoxy) is 1. The van der Waals surface area contributed by atoms with Crippen molar-refractivity contribution in [2.75, 3.05) is 13.2 Å². The van der Waals surface area contributed by atoms with Crippen LogP contribution in [0.2, 0.25) is 20.1 Å². The molecule has 2 rings (SSSR count). The molecule has 0 saturated carbocycles. The van der Waals surface area contributed by atoms with Crippen LogP contribution in [0.25, 0.3) is 0 Å². The van der Waals surface area contributed by atoms with E-state index in [2.05, 4.69) is 5.32 Å². The molecule has 2 amide bonds. The molecule has 2 aromatic carbocycles. The summed E-state index contributed by atoms with van der Waals surface area (Å²) in [4.78, 5) is 27.1. The van der Waals surface area contributed by atoms with Crippen molar-refractivity contribution in [1.29, 1.82) is 0 Å². The molecule has 0 saturated heterocycles. The molecule has 9 heteroatoms. The molecule has 1 atom stereocenters. The summed E-state index contributed by atoms with van der Waals surface area (Å²) in [5.41, 5.74) is 0.741. The van der Waals surface area contributed by atoms with E-state index in [1.807, 2.05) is 13.8 Å². The fourth-order valence-corrected chi connectivity index (χ4v) is 3.64. The van der Waals surface area contributed by atoms with E-state index in [0.29, 0.717) is 38.8 Å². The van der Waals surface area contributed by atoms with Gasteiger partial charge >= 0.3 is 0 Å². The lowest BCUT2D eigenvalue weighted by molar-refractivity contribution is -0.142. The van der Waals surface area contributed by atoms with Crippen molar-refractivity contribution in [3.05, 3.63) is 62.1 Å². The Hall–Kier alpha value is -1.66. The summed E-state index contributed by atoms with van der Waals surface area (Å²) in [6, 6.07) is 9.14. The molecule has 0 aliphatic rings. The number of hydrogen-bond donors (Lipinski definition) is 1. The van der Waals surface area contributed by atoms with Crippen LogP contribution < -0.4 is 10.1 Å². The van der Waals surface area contributed by atoms with Crippen LogP contribution in [-0.2, 0) is 16.1 Å². The molecule has 0 heterocycles. The molecule has 5 nitrogen and oxygen atoms in total. The Balaban J connectivity index is 2.24. The Morgan fingerprint density at radius 1 is 1.00 bits per heavy atom. The topological polar surface area (TPSA) is 58.6 Å². The van der Waals surface area contributed by atoms with Crippen molar-refractivity contribution in [1.82, 2.24) is 10.2 Å². The zero-order chi connectivity index (χ0) is 22.3. The Labute approximate surface area is 196 Å². The fourth-order valence-electron chi connectivity index (χ4n) is 2.86. The maximum absolute atomic E-state index is 13.1. The van der Waals surface area contributed by atoms with Crippen LogP contribution in [0.3, 0.4) is 0 Å². The van der Waals surface area contributed by atoms with Crippen molar-refractivity contribution in [2.24, 2.45) is 0 Å². The highest BCUT2D eigenvalue weighted by Crippen LogP contribution is 2.28. The molecule has 2 aromatic rings. The van der Waals surface area contributed by atoms with Gasteiger partial charge in [-0.1, -0.05) is 59.4 Å². The highest BCUT2D eigenvalue weighted by Gasteiger charge is 2.29. The summed E-state index contributed by atoms with van der Waals surface area (Å²) in [7, 11) is 0. The maximum atomic E-state index is 13.1. The lowest BCUT2D eigenvalue weighted by Crippen LogP contribution is -2.50. The SMILES string of the molecule is CCNC(=O)[C@@H](CC)N(Cc1ccc(Cl)c(Cl)c1)C(=O)COc1ccc(Cl)cc1Cl. The molecule has 1 N–H and O–H groups in total. The van der Waals surface area contributed by atoms with E-state index in [4.69, 9.17) is 51.1 Å². The predicted molar refractivity (Wildman–Crippen MR) is 122 cm³/mol. The standard InChI is InChI=1S/C21H22Cl4N2O3/c1-3-18(21(29)26-4-2)27(11-13-5-7-15(23)16(24)9-13)20(28)12-30-19-8-6-14(22)10-17(19)25/h5-10,18H,3-4,11-12H2,1-2H3,(H,26,29)/t18-/m1/s1. The summed E-state index contributed by atoms with van der Waals surface area (Å²) in [6.07, 6.45) is 0.431. The van der Waals surface area contributed by atoms with Crippen LogP contribution in [0, 0.1) is 0 Å². The van der Waals surface area contributed by atoms with Crippen LogP contribution in [0.1, 0.15) is 25.8 Å². The van der Waals surface area contributed by atoms with Gasteiger partial charge < -0.3 is 15.0 Å². The minimum absolute atomic E-state index is 0.170. The molecule has 0 aliphatic carbocycles. The first-order valence-electron chi connectivity index (χ1n) is 9.35. The van der Waals surface area contributed by atoms with Gasteiger partial charge in [-0.25, -0.2) is 0 Å². The number of nitrogens with zero attached hydrogens (tertiary/aromatic N) is 1. The second-order valence-electron chi connectivity index (χ2n) is 6.45.